The van der Waals surface area contributed by atoms with Gasteiger partial charge in [-0.25, -0.2) is 0 Å². The molecular formula is C17H20ClNO3. The van der Waals surface area contributed by atoms with Crippen molar-refractivity contribution < 1.29 is 14.3 Å². The number of nitrogens with zero attached hydrogens (tertiary/aromatic N) is 1. The first kappa shape index (κ1) is 14.5. The monoisotopic (exact) mass is 321 g/mol. The normalized spacial score (nSPS) is 25.4. The second kappa shape index (κ2) is 5.22. The molecule has 0 atom stereocenters. The van der Waals surface area contributed by atoms with Crippen LogP contribution in [0.25, 0.3) is 0 Å². The molecule has 2 aliphatic heterocycles. The first-order valence-electron chi connectivity index (χ1n) is 7.97. The van der Waals surface area contributed by atoms with E-state index in [1.807, 2.05) is 29.2 Å². The van der Waals surface area contributed by atoms with Crippen LogP contribution in [-0.2, 0) is 19.7 Å². The Bertz CT molecular complexity index is 566. The van der Waals surface area contributed by atoms with Gasteiger partial charge in [-0.3, -0.25) is 4.79 Å². The Kier molecular flexibility index (Phi) is 3.44. The number of hydrogen-bond acceptors (Lipinski definition) is 3. The van der Waals surface area contributed by atoms with Crippen LogP contribution in [0.5, 0.6) is 0 Å². The van der Waals surface area contributed by atoms with E-state index in [4.69, 9.17) is 21.1 Å². The average molecular weight is 322 g/mol. The van der Waals surface area contributed by atoms with E-state index in [-0.39, 0.29) is 11.3 Å². The molecule has 3 fully saturated rings. The molecule has 0 bridgehead atoms. The number of rotatable bonds is 2. The molecule has 118 valence electrons. The van der Waals surface area contributed by atoms with Crippen molar-refractivity contribution in [3.8, 4) is 0 Å². The van der Waals surface area contributed by atoms with E-state index in [0.29, 0.717) is 31.3 Å². The van der Waals surface area contributed by atoms with Crippen LogP contribution in [0.15, 0.2) is 24.3 Å². The molecule has 2 saturated heterocycles. The van der Waals surface area contributed by atoms with E-state index in [1.54, 1.807) is 0 Å². The number of hydrogen-bond donors (Lipinski definition) is 0. The van der Waals surface area contributed by atoms with E-state index in [0.717, 1.165) is 31.2 Å². The summed E-state index contributed by atoms with van der Waals surface area (Å²) in [5.74, 6) is -0.170. The van der Waals surface area contributed by atoms with Crippen LogP contribution in [0.2, 0.25) is 5.02 Å². The van der Waals surface area contributed by atoms with E-state index in [9.17, 15) is 4.79 Å². The molecule has 0 aromatic heterocycles. The van der Waals surface area contributed by atoms with E-state index in [1.165, 1.54) is 0 Å². The van der Waals surface area contributed by atoms with Crippen LogP contribution < -0.4 is 0 Å². The highest BCUT2D eigenvalue weighted by Crippen LogP contribution is 2.50. The lowest BCUT2D eigenvalue weighted by atomic mass is 9.92. The number of likely N-dealkylation sites (tertiary alicyclic amines) is 1. The van der Waals surface area contributed by atoms with Gasteiger partial charge in [-0.15, -0.1) is 0 Å². The second-order valence-corrected chi connectivity index (χ2v) is 6.93. The number of piperidine rings is 1. The second-order valence-electron chi connectivity index (χ2n) is 6.49. The summed E-state index contributed by atoms with van der Waals surface area (Å²) in [5.41, 5.74) is 0.780. The first-order valence-corrected chi connectivity index (χ1v) is 8.35. The summed E-state index contributed by atoms with van der Waals surface area (Å²) in [5, 5.41) is 0.711. The molecule has 0 N–H and O–H groups in total. The molecule has 0 radical (unpaired) electrons. The minimum absolute atomic E-state index is 0.252. The molecule has 0 unspecified atom stereocenters. The summed E-state index contributed by atoms with van der Waals surface area (Å²) in [6.07, 6.45) is 3.41. The number of carbonyl (C=O) groups is 1. The minimum atomic E-state index is -0.423. The fraction of sp³-hybridized carbons (Fsp3) is 0.588. The molecule has 5 heteroatoms. The first-order chi connectivity index (χ1) is 10.6. The molecule has 1 spiro atoms. The van der Waals surface area contributed by atoms with Gasteiger partial charge in [0.25, 0.3) is 0 Å². The largest absolute Gasteiger partial charge is 0.347 e. The lowest BCUT2D eigenvalue weighted by Crippen LogP contribution is -2.50. The highest BCUT2D eigenvalue weighted by Gasteiger charge is 2.54. The van der Waals surface area contributed by atoms with Crippen molar-refractivity contribution in [1.82, 2.24) is 4.90 Å². The summed E-state index contributed by atoms with van der Waals surface area (Å²) in [7, 11) is 0. The summed E-state index contributed by atoms with van der Waals surface area (Å²) in [4.78, 5) is 15.0. The lowest BCUT2D eigenvalue weighted by Gasteiger charge is -2.39. The Balaban J connectivity index is 1.47. The van der Waals surface area contributed by atoms with Gasteiger partial charge in [0.15, 0.2) is 5.79 Å². The third-order valence-corrected chi connectivity index (χ3v) is 5.43. The van der Waals surface area contributed by atoms with Crippen molar-refractivity contribution in [3.05, 3.63) is 34.9 Å². The van der Waals surface area contributed by atoms with Gasteiger partial charge >= 0.3 is 0 Å². The fourth-order valence-electron chi connectivity index (χ4n) is 3.66. The SMILES string of the molecule is O=C(N1CCC2(CC1)OCCO2)C1(c2ccc(Cl)cc2)CC1. The highest BCUT2D eigenvalue weighted by molar-refractivity contribution is 6.30. The summed E-state index contributed by atoms with van der Waals surface area (Å²) in [6.45, 7) is 2.77. The maximum Gasteiger partial charge on any atom is 0.233 e. The fourth-order valence-corrected chi connectivity index (χ4v) is 3.78. The number of halogens is 1. The predicted octanol–water partition coefficient (Wildman–Crippen LogP) is 2.74. The van der Waals surface area contributed by atoms with Gasteiger partial charge in [0, 0.05) is 31.0 Å². The number of amides is 1. The molecular weight excluding hydrogens is 302 g/mol. The van der Waals surface area contributed by atoms with Gasteiger partial charge in [0.1, 0.15) is 0 Å². The zero-order valence-electron chi connectivity index (χ0n) is 12.5. The number of ether oxygens (including phenoxy) is 2. The van der Waals surface area contributed by atoms with Gasteiger partial charge in [-0.1, -0.05) is 23.7 Å². The summed E-state index contributed by atoms with van der Waals surface area (Å²) >= 11 is 5.96. The summed E-state index contributed by atoms with van der Waals surface area (Å²) in [6, 6.07) is 7.72. The van der Waals surface area contributed by atoms with Gasteiger partial charge in [-0.05, 0) is 30.5 Å². The average Bonchev–Trinajstić information content (AvgIpc) is 3.24. The maximum absolute atomic E-state index is 13.0. The zero-order valence-corrected chi connectivity index (χ0v) is 13.3. The van der Waals surface area contributed by atoms with Crippen molar-refractivity contribution in [2.24, 2.45) is 0 Å². The van der Waals surface area contributed by atoms with Gasteiger partial charge < -0.3 is 14.4 Å². The molecule has 22 heavy (non-hydrogen) atoms. The van der Waals surface area contributed by atoms with Crippen molar-refractivity contribution in [3.63, 3.8) is 0 Å². The van der Waals surface area contributed by atoms with Crippen LogP contribution in [-0.4, -0.2) is 42.9 Å². The van der Waals surface area contributed by atoms with Crippen LogP contribution in [0.1, 0.15) is 31.2 Å². The van der Waals surface area contributed by atoms with Crippen LogP contribution in [0.3, 0.4) is 0 Å². The van der Waals surface area contributed by atoms with Crippen LogP contribution in [0.4, 0.5) is 0 Å². The third-order valence-electron chi connectivity index (χ3n) is 5.18. The van der Waals surface area contributed by atoms with Crippen molar-refractivity contribution in [2.75, 3.05) is 26.3 Å². The van der Waals surface area contributed by atoms with Crippen molar-refractivity contribution in [1.29, 1.82) is 0 Å². The predicted molar refractivity (Wildman–Crippen MR) is 82.8 cm³/mol. The Hall–Kier alpha value is -1.10. The van der Waals surface area contributed by atoms with E-state index in [2.05, 4.69) is 0 Å². The quantitative estimate of drug-likeness (QED) is 0.840. The summed E-state index contributed by atoms with van der Waals surface area (Å²) < 4.78 is 11.5. The molecule has 2 heterocycles. The molecule has 1 aliphatic carbocycles. The molecule has 1 aromatic rings. The molecule has 3 aliphatic rings. The van der Waals surface area contributed by atoms with Crippen LogP contribution in [0, 0.1) is 0 Å². The third kappa shape index (κ3) is 2.34. The van der Waals surface area contributed by atoms with Crippen LogP contribution >= 0.6 is 11.6 Å². The van der Waals surface area contributed by atoms with Crippen molar-refractivity contribution in [2.45, 2.75) is 36.9 Å². The smallest absolute Gasteiger partial charge is 0.233 e. The van der Waals surface area contributed by atoms with Gasteiger partial charge in [0.2, 0.25) is 5.91 Å². The topological polar surface area (TPSA) is 38.8 Å². The minimum Gasteiger partial charge on any atom is -0.347 e. The number of benzene rings is 1. The van der Waals surface area contributed by atoms with E-state index < -0.39 is 5.79 Å². The standard InChI is InChI=1S/C17H20ClNO3/c18-14-3-1-13(2-4-14)16(5-6-16)15(20)19-9-7-17(8-10-19)21-11-12-22-17/h1-4H,5-12H2. The molecule has 4 rings (SSSR count). The highest BCUT2D eigenvalue weighted by atomic mass is 35.5. The van der Waals surface area contributed by atoms with Gasteiger partial charge in [-0.2, -0.15) is 0 Å². The van der Waals surface area contributed by atoms with E-state index >= 15 is 0 Å². The van der Waals surface area contributed by atoms with Crippen molar-refractivity contribution >= 4 is 17.5 Å². The lowest BCUT2D eigenvalue weighted by molar-refractivity contribution is -0.188. The Labute approximate surface area is 135 Å². The Morgan fingerprint density at radius 1 is 1.00 bits per heavy atom. The number of carbonyl (C=O) groups excluding carboxylic acids is 1. The Morgan fingerprint density at radius 2 is 1.59 bits per heavy atom. The molecule has 1 saturated carbocycles. The molecule has 1 amide bonds. The zero-order chi connectivity index (χ0) is 15.2. The van der Waals surface area contributed by atoms with Gasteiger partial charge in [0.05, 0.1) is 18.6 Å². The Morgan fingerprint density at radius 3 is 2.14 bits per heavy atom. The molecule has 4 nitrogen and oxygen atoms in total. The molecule has 1 aromatic carbocycles. The maximum atomic E-state index is 13.0.